The highest BCUT2D eigenvalue weighted by molar-refractivity contribution is 5.94. The molecule has 2 heterocycles. The number of carbonyl (C=O) groups is 1. The molecule has 1 saturated heterocycles. The van der Waals surface area contributed by atoms with E-state index in [-0.39, 0.29) is 11.5 Å². The van der Waals surface area contributed by atoms with Gasteiger partial charge in [-0.1, -0.05) is 13.3 Å². The molecule has 0 bridgehead atoms. The van der Waals surface area contributed by atoms with Gasteiger partial charge in [-0.25, -0.2) is 4.39 Å². The van der Waals surface area contributed by atoms with E-state index in [2.05, 4.69) is 11.9 Å². The third-order valence-corrected chi connectivity index (χ3v) is 3.27. The smallest absolute Gasteiger partial charge is 0.256 e. The molecule has 1 atom stereocenters. The number of amides is 1. The Morgan fingerprint density at radius 1 is 1.65 bits per heavy atom. The number of carbonyl (C=O) groups excluding carboxylic acids is 1. The van der Waals surface area contributed by atoms with Crippen LogP contribution >= 0.6 is 0 Å². The van der Waals surface area contributed by atoms with Gasteiger partial charge in [-0.05, 0) is 24.8 Å². The zero-order valence-electron chi connectivity index (χ0n) is 10.0. The number of aromatic nitrogens is 1. The summed E-state index contributed by atoms with van der Waals surface area (Å²) < 4.78 is 13.4. The average Bonchev–Trinajstić information content (AvgIpc) is 2.78. The summed E-state index contributed by atoms with van der Waals surface area (Å²) >= 11 is 0. The predicted octanol–water partition coefficient (Wildman–Crippen LogP) is 2.48. The second-order valence-electron chi connectivity index (χ2n) is 4.55. The Kier molecular flexibility index (Phi) is 3.71. The van der Waals surface area contributed by atoms with Crippen molar-refractivity contribution in [3.8, 4) is 0 Å². The zero-order chi connectivity index (χ0) is 12.3. The maximum absolute atomic E-state index is 13.4. The van der Waals surface area contributed by atoms with E-state index in [4.69, 9.17) is 0 Å². The minimum atomic E-state index is -0.531. The molecule has 1 unspecified atom stereocenters. The summed E-state index contributed by atoms with van der Waals surface area (Å²) in [7, 11) is 0. The molecule has 4 heteroatoms. The first-order chi connectivity index (χ1) is 8.22. The number of pyridine rings is 1. The lowest BCUT2D eigenvalue weighted by Crippen LogP contribution is -2.29. The summed E-state index contributed by atoms with van der Waals surface area (Å²) in [5.74, 6) is -0.159. The first-order valence-corrected chi connectivity index (χ1v) is 6.11. The van der Waals surface area contributed by atoms with E-state index < -0.39 is 5.82 Å². The third kappa shape index (κ3) is 2.62. The van der Waals surface area contributed by atoms with Gasteiger partial charge in [0.15, 0.2) is 5.82 Å². The van der Waals surface area contributed by atoms with Gasteiger partial charge in [-0.15, -0.1) is 0 Å². The largest absolute Gasteiger partial charge is 0.338 e. The van der Waals surface area contributed by atoms with E-state index in [9.17, 15) is 9.18 Å². The predicted molar refractivity (Wildman–Crippen MR) is 63.1 cm³/mol. The molecule has 1 fully saturated rings. The summed E-state index contributed by atoms with van der Waals surface area (Å²) in [5.41, 5.74) is 0.136. The fraction of sp³-hybridized carbons (Fsp3) is 0.538. The van der Waals surface area contributed by atoms with E-state index in [1.807, 2.05) is 0 Å². The van der Waals surface area contributed by atoms with Gasteiger partial charge in [0.2, 0.25) is 0 Å². The minimum absolute atomic E-state index is 0.136. The SMILES string of the molecule is CCCC1CCN(C(=O)c2ccncc2F)C1. The fourth-order valence-electron chi connectivity index (χ4n) is 2.38. The van der Waals surface area contributed by atoms with Crippen LogP contribution in [0.5, 0.6) is 0 Å². The third-order valence-electron chi connectivity index (χ3n) is 3.27. The summed E-state index contributed by atoms with van der Waals surface area (Å²) in [5, 5.41) is 0. The molecule has 2 rings (SSSR count). The Balaban J connectivity index is 2.05. The molecule has 0 saturated carbocycles. The summed E-state index contributed by atoms with van der Waals surface area (Å²) in [6.07, 6.45) is 5.86. The summed E-state index contributed by atoms with van der Waals surface area (Å²) in [4.78, 5) is 17.5. The summed E-state index contributed by atoms with van der Waals surface area (Å²) in [6, 6.07) is 1.45. The van der Waals surface area contributed by atoms with Crippen molar-refractivity contribution >= 4 is 5.91 Å². The number of hydrogen-bond acceptors (Lipinski definition) is 2. The topological polar surface area (TPSA) is 33.2 Å². The van der Waals surface area contributed by atoms with E-state index in [1.54, 1.807) is 4.90 Å². The van der Waals surface area contributed by atoms with Crippen molar-refractivity contribution in [1.82, 2.24) is 9.88 Å². The van der Waals surface area contributed by atoms with Crippen molar-refractivity contribution in [3.63, 3.8) is 0 Å². The van der Waals surface area contributed by atoms with Gasteiger partial charge < -0.3 is 4.90 Å². The van der Waals surface area contributed by atoms with Crippen molar-refractivity contribution in [1.29, 1.82) is 0 Å². The average molecular weight is 236 g/mol. The molecule has 92 valence electrons. The normalized spacial score (nSPS) is 19.6. The summed E-state index contributed by atoms with van der Waals surface area (Å²) in [6.45, 7) is 3.65. The molecule has 0 radical (unpaired) electrons. The molecule has 0 spiro atoms. The van der Waals surface area contributed by atoms with Crippen molar-refractivity contribution in [2.75, 3.05) is 13.1 Å². The fourth-order valence-corrected chi connectivity index (χ4v) is 2.38. The maximum Gasteiger partial charge on any atom is 0.256 e. The maximum atomic E-state index is 13.4. The Morgan fingerprint density at radius 3 is 3.18 bits per heavy atom. The molecule has 1 aromatic heterocycles. The Labute approximate surface area is 101 Å². The molecular weight excluding hydrogens is 219 g/mol. The van der Waals surface area contributed by atoms with Gasteiger partial charge in [-0.2, -0.15) is 0 Å². The first kappa shape index (κ1) is 12.0. The molecule has 0 N–H and O–H groups in total. The van der Waals surface area contributed by atoms with Gasteiger partial charge >= 0.3 is 0 Å². The van der Waals surface area contributed by atoms with Gasteiger partial charge in [-0.3, -0.25) is 9.78 Å². The quantitative estimate of drug-likeness (QED) is 0.807. The van der Waals surface area contributed by atoms with Crippen LogP contribution < -0.4 is 0 Å². The van der Waals surface area contributed by atoms with Gasteiger partial charge in [0.1, 0.15) is 0 Å². The molecule has 17 heavy (non-hydrogen) atoms. The van der Waals surface area contributed by atoms with E-state index in [0.29, 0.717) is 5.92 Å². The highest BCUT2D eigenvalue weighted by Crippen LogP contribution is 2.22. The molecule has 1 amide bonds. The second kappa shape index (κ2) is 5.25. The van der Waals surface area contributed by atoms with Crippen LogP contribution in [0.25, 0.3) is 0 Å². The van der Waals surface area contributed by atoms with Crippen molar-refractivity contribution in [2.24, 2.45) is 5.92 Å². The Morgan fingerprint density at radius 2 is 2.47 bits per heavy atom. The highest BCUT2D eigenvalue weighted by atomic mass is 19.1. The zero-order valence-corrected chi connectivity index (χ0v) is 10.0. The van der Waals surface area contributed by atoms with Crippen molar-refractivity contribution in [3.05, 3.63) is 29.8 Å². The van der Waals surface area contributed by atoms with Gasteiger partial charge in [0.05, 0.1) is 11.8 Å². The van der Waals surface area contributed by atoms with Crippen molar-refractivity contribution in [2.45, 2.75) is 26.2 Å². The van der Waals surface area contributed by atoms with Crippen LogP contribution in [0.3, 0.4) is 0 Å². The lowest BCUT2D eigenvalue weighted by molar-refractivity contribution is 0.0781. The lowest BCUT2D eigenvalue weighted by atomic mass is 10.0. The monoisotopic (exact) mass is 236 g/mol. The highest BCUT2D eigenvalue weighted by Gasteiger charge is 2.27. The Hall–Kier alpha value is -1.45. The van der Waals surface area contributed by atoms with Crippen LogP contribution in [0.2, 0.25) is 0 Å². The van der Waals surface area contributed by atoms with Crippen LogP contribution in [-0.2, 0) is 0 Å². The van der Waals surface area contributed by atoms with Crippen molar-refractivity contribution < 1.29 is 9.18 Å². The van der Waals surface area contributed by atoms with Crippen LogP contribution in [0, 0.1) is 11.7 Å². The molecule has 0 aliphatic carbocycles. The van der Waals surface area contributed by atoms with E-state index in [1.165, 1.54) is 12.3 Å². The number of hydrogen-bond donors (Lipinski definition) is 0. The standard InChI is InChI=1S/C13H17FN2O/c1-2-3-10-5-7-16(9-10)13(17)11-4-6-15-8-12(11)14/h4,6,8,10H,2-3,5,7,9H2,1H3. The molecule has 0 aromatic carbocycles. The number of nitrogens with zero attached hydrogens (tertiary/aromatic N) is 2. The number of rotatable bonds is 3. The van der Waals surface area contributed by atoms with Crippen LogP contribution in [0.1, 0.15) is 36.5 Å². The second-order valence-corrected chi connectivity index (χ2v) is 4.55. The molecular formula is C13H17FN2O. The molecule has 1 aromatic rings. The molecule has 1 aliphatic heterocycles. The van der Waals surface area contributed by atoms with Crippen LogP contribution in [-0.4, -0.2) is 28.9 Å². The van der Waals surface area contributed by atoms with Crippen LogP contribution in [0.4, 0.5) is 4.39 Å². The number of halogens is 1. The number of likely N-dealkylation sites (tertiary alicyclic amines) is 1. The van der Waals surface area contributed by atoms with E-state index >= 15 is 0 Å². The first-order valence-electron chi connectivity index (χ1n) is 6.11. The molecule has 1 aliphatic rings. The van der Waals surface area contributed by atoms with E-state index in [0.717, 1.165) is 38.5 Å². The lowest BCUT2D eigenvalue weighted by Gasteiger charge is -2.16. The van der Waals surface area contributed by atoms with Crippen LogP contribution in [0.15, 0.2) is 18.5 Å². The van der Waals surface area contributed by atoms with Gasteiger partial charge in [0.25, 0.3) is 5.91 Å². The molecule has 3 nitrogen and oxygen atoms in total. The Bertz CT molecular complexity index is 408. The minimum Gasteiger partial charge on any atom is -0.338 e. The van der Waals surface area contributed by atoms with Gasteiger partial charge in [0, 0.05) is 19.3 Å².